The number of hydrogen-bond acceptors (Lipinski definition) is 5. The molecular weight excluding hydrogens is 282 g/mol. The van der Waals surface area contributed by atoms with Crippen molar-refractivity contribution in [2.75, 3.05) is 18.4 Å². The lowest BCUT2D eigenvalue weighted by Gasteiger charge is -2.41. The van der Waals surface area contributed by atoms with Crippen LogP contribution in [0.4, 0.5) is 14.7 Å². The molecule has 2 rings (SSSR count). The molecule has 1 heterocycles. The van der Waals surface area contributed by atoms with Crippen LogP contribution in [-0.4, -0.2) is 45.6 Å². The molecule has 0 radical (unpaired) electrons. The number of nitrogens with one attached hydrogen (secondary N) is 2. The summed E-state index contributed by atoms with van der Waals surface area (Å²) in [6.45, 7) is 0.532. The number of halogens is 2. The fourth-order valence-electron chi connectivity index (χ4n) is 2.03. The molecule has 3 N–H and O–H groups in total. The average molecular weight is 300 g/mol. The number of amides is 1. The summed E-state index contributed by atoms with van der Waals surface area (Å²) in [7, 11) is 0. The molecule has 0 aliphatic heterocycles. The molecule has 1 aromatic heterocycles. The van der Waals surface area contributed by atoms with Crippen molar-refractivity contribution in [3.63, 3.8) is 0 Å². The molecule has 1 aliphatic rings. The average Bonchev–Trinajstić information content (AvgIpc) is 2.45. The quantitative estimate of drug-likeness (QED) is 0.653. The summed E-state index contributed by atoms with van der Waals surface area (Å²) in [5.41, 5.74) is -2.17. The molecule has 1 aliphatic carbocycles. The van der Waals surface area contributed by atoms with Crippen molar-refractivity contribution < 1.29 is 18.7 Å². The van der Waals surface area contributed by atoms with Gasteiger partial charge in [0, 0.05) is 25.5 Å². The lowest BCUT2D eigenvalue weighted by atomic mass is 9.75. The van der Waals surface area contributed by atoms with Crippen LogP contribution >= 0.6 is 0 Å². The molecule has 0 aromatic carbocycles. The SMILES string of the molecule is O=C(NCCCNc1ncccn1)C(F)(F)C1(O)CCC1. The Bertz CT molecular complexity index is 480. The van der Waals surface area contributed by atoms with Crippen LogP contribution < -0.4 is 10.6 Å². The third-order valence-corrected chi connectivity index (χ3v) is 3.54. The second-order valence-corrected chi connectivity index (χ2v) is 5.07. The minimum absolute atomic E-state index is 0.0413. The number of aliphatic hydroxyl groups is 1. The first kappa shape index (κ1) is 15.6. The lowest BCUT2D eigenvalue weighted by molar-refractivity contribution is -0.215. The number of anilines is 1. The Kier molecular flexibility index (Phi) is 4.66. The van der Waals surface area contributed by atoms with Crippen LogP contribution in [0.15, 0.2) is 18.5 Å². The van der Waals surface area contributed by atoms with Gasteiger partial charge in [0.2, 0.25) is 5.95 Å². The number of nitrogens with zero attached hydrogens (tertiary/aromatic N) is 2. The first-order chi connectivity index (χ1) is 9.96. The summed E-state index contributed by atoms with van der Waals surface area (Å²) in [4.78, 5) is 19.3. The highest BCUT2D eigenvalue weighted by atomic mass is 19.3. The predicted octanol–water partition coefficient (Wildman–Crippen LogP) is 0.945. The fraction of sp³-hybridized carbons (Fsp3) is 0.615. The molecule has 0 bridgehead atoms. The van der Waals surface area contributed by atoms with E-state index in [1.165, 1.54) is 0 Å². The lowest BCUT2D eigenvalue weighted by Crippen LogP contribution is -2.60. The molecule has 1 aromatic rings. The van der Waals surface area contributed by atoms with E-state index in [2.05, 4.69) is 20.6 Å². The second kappa shape index (κ2) is 6.30. The predicted molar refractivity (Wildman–Crippen MR) is 71.9 cm³/mol. The summed E-state index contributed by atoms with van der Waals surface area (Å²) < 4.78 is 27.4. The molecule has 21 heavy (non-hydrogen) atoms. The van der Waals surface area contributed by atoms with Crippen molar-refractivity contribution in [2.45, 2.75) is 37.2 Å². The van der Waals surface area contributed by atoms with Gasteiger partial charge in [0.1, 0.15) is 5.60 Å². The van der Waals surface area contributed by atoms with Crippen LogP contribution in [-0.2, 0) is 4.79 Å². The molecule has 8 heteroatoms. The van der Waals surface area contributed by atoms with E-state index in [9.17, 15) is 18.7 Å². The summed E-state index contributed by atoms with van der Waals surface area (Å²) in [6, 6.07) is 1.68. The Morgan fingerprint density at radius 1 is 1.33 bits per heavy atom. The van der Waals surface area contributed by atoms with Gasteiger partial charge in [-0.2, -0.15) is 8.78 Å². The van der Waals surface area contributed by atoms with E-state index in [0.29, 0.717) is 25.3 Å². The highest BCUT2D eigenvalue weighted by molar-refractivity contribution is 5.85. The molecule has 0 atom stereocenters. The molecule has 1 amide bonds. The Hall–Kier alpha value is -1.83. The van der Waals surface area contributed by atoms with Crippen molar-refractivity contribution >= 4 is 11.9 Å². The number of alkyl halides is 2. The van der Waals surface area contributed by atoms with E-state index < -0.39 is 17.4 Å². The molecule has 0 spiro atoms. The summed E-state index contributed by atoms with van der Waals surface area (Å²) in [5.74, 6) is -4.71. The molecule has 0 saturated heterocycles. The van der Waals surface area contributed by atoms with Crippen LogP contribution in [0.2, 0.25) is 0 Å². The largest absolute Gasteiger partial charge is 0.383 e. The van der Waals surface area contributed by atoms with Crippen LogP contribution in [0.1, 0.15) is 25.7 Å². The molecule has 116 valence electrons. The van der Waals surface area contributed by atoms with Gasteiger partial charge >= 0.3 is 5.92 Å². The van der Waals surface area contributed by atoms with E-state index in [4.69, 9.17) is 0 Å². The Balaban J connectivity index is 1.67. The van der Waals surface area contributed by atoms with E-state index in [-0.39, 0.29) is 19.4 Å². The van der Waals surface area contributed by atoms with Gasteiger partial charge in [-0.15, -0.1) is 0 Å². The zero-order valence-electron chi connectivity index (χ0n) is 11.5. The van der Waals surface area contributed by atoms with Gasteiger partial charge in [-0.3, -0.25) is 4.79 Å². The van der Waals surface area contributed by atoms with Gasteiger partial charge < -0.3 is 15.7 Å². The maximum Gasteiger partial charge on any atom is 0.352 e. The van der Waals surface area contributed by atoms with Crippen molar-refractivity contribution in [3.05, 3.63) is 18.5 Å². The van der Waals surface area contributed by atoms with Gasteiger partial charge in [0.05, 0.1) is 0 Å². The smallest absolute Gasteiger partial charge is 0.352 e. The van der Waals surface area contributed by atoms with Crippen LogP contribution in [0.5, 0.6) is 0 Å². The molecular formula is C13H18F2N4O2. The van der Waals surface area contributed by atoms with Crippen molar-refractivity contribution in [1.82, 2.24) is 15.3 Å². The van der Waals surface area contributed by atoms with Crippen LogP contribution in [0.25, 0.3) is 0 Å². The molecule has 6 nitrogen and oxygen atoms in total. The maximum absolute atomic E-state index is 13.7. The van der Waals surface area contributed by atoms with Crippen LogP contribution in [0.3, 0.4) is 0 Å². The van der Waals surface area contributed by atoms with E-state index in [1.54, 1.807) is 18.5 Å². The molecule has 0 unspecified atom stereocenters. The highest BCUT2D eigenvalue weighted by Gasteiger charge is 2.60. The van der Waals surface area contributed by atoms with E-state index >= 15 is 0 Å². The summed E-state index contributed by atoms with van der Waals surface area (Å²) >= 11 is 0. The molecule has 1 saturated carbocycles. The van der Waals surface area contributed by atoms with Gasteiger partial charge in [-0.25, -0.2) is 9.97 Å². The van der Waals surface area contributed by atoms with Crippen molar-refractivity contribution in [3.8, 4) is 0 Å². The first-order valence-corrected chi connectivity index (χ1v) is 6.85. The minimum atomic E-state index is -3.73. The van der Waals surface area contributed by atoms with Crippen molar-refractivity contribution in [1.29, 1.82) is 0 Å². The molecule has 1 fully saturated rings. The Morgan fingerprint density at radius 3 is 2.57 bits per heavy atom. The fourth-order valence-corrected chi connectivity index (χ4v) is 2.03. The van der Waals surface area contributed by atoms with E-state index in [0.717, 1.165) is 0 Å². The number of aromatic nitrogens is 2. The minimum Gasteiger partial charge on any atom is -0.383 e. The Morgan fingerprint density at radius 2 is 2.00 bits per heavy atom. The third-order valence-electron chi connectivity index (χ3n) is 3.54. The zero-order chi connectivity index (χ0) is 15.3. The second-order valence-electron chi connectivity index (χ2n) is 5.07. The summed E-state index contributed by atoms with van der Waals surface area (Å²) in [5, 5.41) is 14.7. The monoisotopic (exact) mass is 300 g/mol. The standard InChI is InChI=1S/C13H18F2N4O2/c14-13(15,12(21)4-1-5-12)10(20)16-6-2-7-17-11-18-8-3-9-19-11/h3,8-9,21H,1-2,4-7H2,(H,16,20)(H,17,18,19). The Labute approximate surface area is 121 Å². The normalized spacial score (nSPS) is 16.9. The maximum atomic E-state index is 13.7. The topological polar surface area (TPSA) is 87.1 Å². The van der Waals surface area contributed by atoms with Crippen LogP contribution in [0, 0.1) is 0 Å². The van der Waals surface area contributed by atoms with Gasteiger partial charge in [0.15, 0.2) is 0 Å². The number of hydrogen-bond donors (Lipinski definition) is 3. The number of carbonyl (C=O) groups is 1. The van der Waals surface area contributed by atoms with E-state index in [1.807, 2.05) is 0 Å². The van der Waals surface area contributed by atoms with Crippen molar-refractivity contribution in [2.24, 2.45) is 0 Å². The number of rotatable bonds is 7. The third kappa shape index (κ3) is 3.44. The van der Waals surface area contributed by atoms with Gasteiger partial charge in [0.25, 0.3) is 5.91 Å². The zero-order valence-corrected chi connectivity index (χ0v) is 11.5. The number of carbonyl (C=O) groups excluding carboxylic acids is 1. The van der Waals surface area contributed by atoms with Gasteiger partial charge in [-0.05, 0) is 31.7 Å². The summed E-state index contributed by atoms with van der Waals surface area (Å²) in [6.07, 6.45) is 4.04. The highest BCUT2D eigenvalue weighted by Crippen LogP contribution is 2.44. The first-order valence-electron chi connectivity index (χ1n) is 6.85. The van der Waals surface area contributed by atoms with Gasteiger partial charge in [-0.1, -0.05) is 0 Å².